The van der Waals surface area contributed by atoms with Gasteiger partial charge in [0.25, 0.3) is 0 Å². The fourth-order valence-electron chi connectivity index (χ4n) is 2.74. The van der Waals surface area contributed by atoms with Crippen molar-refractivity contribution in [2.75, 3.05) is 11.6 Å². The molecule has 29 heavy (non-hydrogen) atoms. The van der Waals surface area contributed by atoms with Crippen molar-refractivity contribution in [1.29, 1.82) is 0 Å². The number of thiophene rings is 1. The molecule has 0 radical (unpaired) electrons. The average Bonchev–Trinajstić information content (AvgIpc) is 3.09. The Balaban J connectivity index is 1.98. The number of alkyl halides is 1. The Morgan fingerprint density at radius 2 is 1.72 bits per heavy atom. The van der Waals surface area contributed by atoms with E-state index < -0.39 is 10.0 Å². The van der Waals surface area contributed by atoms with Crippen molar-refractivity contribution in [3.63, 3.8) is 0 Å². The molecule has 1 N–H and O–H groups in total. The zero-order valence-electron chi connectivity index (χ0n) is 15.1. The van der Waals surface area contributed by atoms with Crippen molar-refractivity contribution in [3.05, 3.63) is 67.9 Å². The molecule has 0 aliphatic heterocycles. The van der Waals surface area contributed by atoms with Crippen LogP contribution in [0.2, 0.25) is 10.0 Å². The highest BCUT2D eigenvalue weighted by molar-refractivity contribution is 9.10. The lowest BCUT2D eigenvalue weighted by molar-refractivity contribution is 0.580. The number of hydrogen-bond donors (Lipinski definition) is 1. The van der Waals surface area contributed by atoms with Crippen LogP contribution in [-0.2, 0) is 16.6 Å². The molecule has 3 aromatic rings. The van der Waals surface area contributed by atoms with Crippen LogP contribution in [0.15, 0.2) is 53.0 Å². The zero-order chi connectivity index (χ0) is 21.0. The summed E-state index contributed by atoms with van der Waals surface area (Å²) in [5.41, 5.74) is 2.86. The molecule has 1 aromatic heterocycles. The number of hydrogen-bond acceptors (Lipinski definition) is 3. The maximum atomic E-state index is 12.1. The second-order valence-corrected chi connectivity index (χ2v) is 11.5. The SMILES string of the molecule is O=S(=O)(CCCCl)NCc1cc(-c2ccc(Br)cc2)c(-c2ccc(Cl)cc2Cl)s1. The molecular formula is C20H17BrCl3NO2S2. The van der Waals surface area contributed by atoms with Crippen molar-refractivity contribution in [3.8, 4) is 21.6 Å². The summed E-state index contributed by atoms with van der Waals surface area (Å²) in [6.45, 7) is 0.212. The topological polar surface area (TPSA) is 46.2 Å². The highest BCUT2D eigenvalue weighted by atomic mass is 79.9. The third-order valence-electron chi connectivity index (χ3n) is 4.13. The summed E-state index contributed by atoms with van der Waals surface area (Å²) < 4.78 is 27.9. The highest BCUT2D eigenvalue weighted by Gasteiger charge is 2.17. The van der Waals surface area contributed by atoms with Gasteiger partial charge in [-0.3, -0.25) is 0 Å². The highest BCUT2D eigenvalue weighted by Crippen LogP contribution is 2.43. The van der Waals surface area contributed by atoms with Crippen LogP contribution in [0.25, 0.3) is 21.6 Å². The summed E-state index contributed by atoms with van der Waals surface area (Å²) in [4.78, 5) is 1.85. The van der Waals surface area contributed by atoms with Crippen LogP contribution < -0.4 is 4.72 Å². The fourth-order valence-corrected chi connectivity index (χ4v) is 6.15. The van der Waals surface area contributed by atoms with Gasteiger partial charge < -0.3 is 0 Å². The van der Waals surface area contributed by atoms with Gasteiger partial charge in [-0.1, -0.05) is 57.3 Å². The second kappa shape index (κ2) is 10.1. The van der Waals surface area contributed by atoms with Gasteiger partial charge in [0, 0.05) is 42.8 Å². The van der Waals surface area contributed by atoms with Crippen molar-refractivity contribution in [1.82, 2.24) is 4.72 Å². The van der Waals surface area contributed by atoms with Crippen molar-refractivity contribution in [2.45, 2.75) is 13.0 Å². The van der Waals surface area contributed by atoms with Crippen LogP contribution in [0.3, 0.4) is 0 Å². The van der Waals surface area contributed by atoms with Gasteiger partial charge in [0.05, 0.1) is 10.8 Å². The molecule has 0 aliphatic carbocycles. The molecule has 0 unspecified atom stereocenters. The quantitative estimate of drug-likeness (QED) is 0.300. The summed E-state index contributed by atoms with van der Waals surface area (Å²) in [5.74, 6) is 0.324. The minimum atomic E-state index is -3.37. The van der Waals surface area contributed by atoms with Gasteiger partial charge in [-0.15, -0.1) is 22.9 Å². The van der Waals surface area contributed by atoms with Gasteiger partial charge in [-0.2, -0.15) is 0 Å². The van der Waals surface area contributed by atoms with E-state index in [9.17, 15) is 8.42 Å². The number of nitrogens with one attached hydrogen (secondary N) is 1. The Morgan fingerprint density at radius 1 is 1.00 bits per heavy atom. The van der Waals surface area contributed by atoms with Crippen molar-refractivity contribution in [2.24, 2.45) is 0 Å². The number of rotatable bonds is 8. The van der Waals surface area contributed by atoms with E-state index in [0.717, 1.165) is 30.9 Å². The zero-order valence-corrected chi connectivity index (χ0v) is 20.6. The summed E-state index contributed by atoms with van der Waals surface area (Å²) in [6, 6.07) is 15.3. The molecule has 9 heteroatoms. The Hall–Kier alpha value is -0.600. The Morgan fingerprint density at radius 3 is 2.38 bits per heavy atom. The fraction of sp³-hybridized carbons (Fsp3) is 0.200. The lowest BCUT2D eigenvalue weighted by Crippen LogP contribution is -2.25. The molecular weight excluding hydrogens is 537 g/mol. The third kappa shape index (κ3) is 6.20. The van der Waals surface area contributed by atoms with Gasteiger partial charge in [0.15, 0.2) is 0 Å². The van der Waals surface area contributed by atoms with E-state index in [4.69, 9.17) is 34.8 Å². The molecule has 0 atom stereocenters. The molecule has 0 saturated carbocycles. The maximum Gasteiger partial charge on any atom is 0.211 e. The molecule has 3 nitrogen and oxygen atoms in total. The second-order valence-electron chi connectivity index (χ2n) is 6.27. The molecule has 1 heterocycles. The Bertz CT molecular complexity index is 1100. The first-order valence-corrected chi connectivity index (χ1v) is 13.2. The first kappa shape index (κ1) is 23.1. The van der Waals surface area contributed by atoms with E-state index in [1.165, 1.54) is 11.3 Å². The first-order valence-electron chi connectivity index (χ1n) is 8.66. The molecule has 0 aliphatic rings. The van der Waals surface area contributed by atoms with Crippen LogP contribution >= 0.6 is 62.1 Å². The van der Waals surface area contributed by atoms with Gasteiger partial charge in [0.2, 0.25) is 10.0 Å². The predicted octanol–water partition coefficient (Wildman–Crippen LogP) is 7.20. The van der Waals surface area contributed by atoms with Gasteiger partial charge in [0.1, 0.15) is 0 Å². The van der Waals surface area contributed by atoms with E-state index in [2.05, 4.69) is 20.7 Å². The third-order valence-corrected chi connectivity index (χ3v) is 8.05. The Labute approximate surface area is 198 Å². The van der Waals surface area contributed by atoms with Gasteiger partial charge in [-0.05, 0) is 42.3 Å². The summed E-state index contributed by atoms with van der Waals surface area (Å²) in [7, 11) is -3.37. The molecule has 0 amide bonds. The van der Waals surface area contributed by atoms with Crippen molar-refractivity contribution < 1.29 is 8.42 Å². The molecule has 0 saturated heterocycles. The molecule has 0 fully saturated rings. The van der Waals surface area contributed by atoms with Gasteiger partial charge in [-0.25, -0.2) is 13.1 Å². The smallest absolute Gasteiger partial charge is 0.211 e. The van der Waals surface area contributed by atoms with Crippen LogP contribution in [-0.4, -0.2) is 20.1 Å². The maximum absolute atomic E-state index is 12.1. The molecule has 3 rings (SSSR count). The van der Waals surface area contributed by atoms with Crippen LogP contribution in [0.1, 0.15) is 11.3 Å². The summed E-state index contributed by atoms with van der Waals surface area (Å²) >= 11 is 23.1. The molecule has 0 bridgehead atoms. The van der Waals surface area contributed by atoms with E-state index in [-0.39, 0.29) is 12.3 Å². The van der Waals surface area contributed by atoms with E-state index >= 15 is 0 Å². The van der Waals surface area contributed by atoms with Gasteiger partial charge >= 0.3 is 0 Å². The average molecular weight is 554 g/mol. The summed E-state index contributed by atoms with van der Waals surface area (Å²) in [5, 5.41) is 1.11. The lowest BCUT2D eigenvalue weighted by atomic mass is 10.0. The summed E-state index contributed by atoms with van der Waals surface area (Å²) in [6.07, 6.45) is 0.414. The van der Waals surface area contributed by atoms with Crippen LogP contribution in [0.5, 0.6) is 0 Å². The first-order chi connectivity index (χ1) is 13.8. The van der Waals surface area contributed by atoms with E-state index in [1.807, 2.05) is 36.4 Å². The number of sulfonamides is 1. The molecule has 154 valence electrons. The molecule has 2 aromatic carbocycles. The molecule has 0 spiro atoms. The largest absolute Gasteiger partial charge is 0.212 e. The number of halogens is 4. The normalized spacial score (nSPS) is 11.7. The predicted molar refractivity (Wildman–Crippen MR) is 129 cm³/mol. The van der Waals surface area contributed by atoms with E-state index in [1.54, 1.807) is 12.1 Å². The van der Waals surface area contributed by atoms with E-state index in [0.29, 0.717) is 22.3 Å². The number of benzene rings is 2. The van der Waals surface area contributed by atoms with Crippen molar-refractivity contribution >= 4 is 72.1 Å². The Kier molecular flexibility index (Phi) is 8.07. The standard InChI is InChI=1S/C20H17BrCl3NO2S2/c21-14-4-2-13(3-5-14)18-11-16(12-25-29(26,27)9-1-8-22)28-20(18)17-7-6-15(23)10-19(17)24/h2-7,10-11,25H,1,8-9,12H2. The minimum Gasteiger partial charge on any atom is -0.212 e. The minimum absolute atomic E-state index is 0.0112. The monoisotopic (exact) mass is 551 g/mol. The lowest BCUT2D eigenvalue weighted by Gasteiger charge is -2.07. The van der Waals surface area contributed by atoms with Crippen LogP contribution in [0, 0.1) is 0 Å². The van der Waals surface area contributed by atoms with Crippen LogP contribution in [0.4, 0.5) is 0 Å².